The SMILES string of the molecule is Fc1ccccc1CC(Br)c1ccccc1F. The highest BCUT2D eigenvalue weighted by atomic mass is 79.9. The molecule has 3 heteroatoms. The largest absolute Gasteiger partial charge is 0.207 e. The fourth-order valence-corrected chi connectivity index (χ4v) is 2.42. The molecule has 1 atom stereocenters. The summed E-state index contributed by atoms with van der Waals surface area (Å²) in [7, 11) is 0. The van der Waals surface area contributed by atoms with E-state index in [-0.39, 0.29) is 16.5 Å². The van der Waals surface area contributed by atoms with Gasteiger partial charge in [-0.05, 0) is 24.1 Å². The Hall–Kier alpha value is -1.22. The van der Waals surface area contributed by atoms with Gasteiger partial charge in [0, 0.05) is 10.4 Å². The fraction of sp³-hybridized carbons (Fsp3) is 0.143. The van der Waals surface area contributed by atoms with Gasteiger partial charge >= 0.3 is 0 Å². The third kappa shape index (κ3) is 2.91. The maximum Gasteiger partial charge on any atom is 0.127 e. The van der Waals surface area contributed by atoms with Crippen molar-refractivity contribution < 1.29 is 8.78 Å². The van der Waals surface area contributed by atoms with Crippen LogP contribution in [0.15, 0.2) is 48.5 Å². The van der Waals surface area contributed by atoms with Crippen LogP contribution in [-0.2, 0) is 6.42 Å². The molecule has 0 bridgehead atoms. The van der Waals surface area contributed by atoms with Crippen LogP contribution in [0.4, 0.5) is 8.78 Å². The Bertz CT molecular complexity index is 511. The Morgan fingerprint density at radius 3 is 2.12 bits per heavy atom. The molecule has 1 unspecified atom stereocenters. The molecule has 0 aliphatic heterocycles. The third-order valence-corrected chi connectivity index (χ3v) is 3.42. The van der Waals surface area contributed by atoms with E-state index in [2.05, 4.69) is 15.9 Å². The van der Waals surface area contributed by atoms with Gasteiger partial charge in [0.15, 0.2) is 0 Å². The van der Waals surface area contributed by atoms with Crippen molar-refractivity contribution in [1.29, 1.82) is 0 Å². The molecule has 0 nitrogen and oxygen atoms in total. The minimum Gasteiger partial charge on any atom is -0.207 e. The molecule has 88 valence electrons. The molecule has 0 N–H and O–H groups in total. The summed E-state index contributed by atoms with van der Waals surface area (Å²) in [6.45, 7) is 0. The van der Waals surface area contributed by atoms with Crippen LogP contribution in [0.3, 0.4) is 0 Å². The fourth-order valence-electron chi connectivity index (χ4n) is 1.70. The first-order chi connectivity index (χ1) is 8.18. The first kappa shape index (κ1) is 12.2. The molecule has 2 rings (SSSR count). The summed E-state index contributed by atoms with van der Waals surface area (Å²) < 4.78 is 27.0. The van der Waals surface area contributed by atoms with E-state index in [0.717, 1.165) is 0 Å². The lowest BCUT2D eigenvalue weighted by Gasteiger charge is -2.11. The molecule has 0 aliphatic carbocycles. The third-order valence-electron chi connectivity index (χ3n) is 2.60. The maximum atomic E-state index is 13.5. The van der Waals surface area contributed by atoms with E-state index in [1.165, 1.54) is 12.1 Å². The first-order valence-corrected chi connectivity index (χ1v) is 6.22. The number of benzene rings is 2. The molecule has 0 spiro atoms. The lowest BCUT2D eigenvalue weighted by molar-refractivity contribution is 0.594. The van der Waals surface area contributed by atoms with Crippen molar-refractivity contribution in [2.24, 2.45) is 0 Å². The Morgan fingerprint density at radius 2 is 1.47 bits per heavy atom. The van der Waals surface area contributed by atoms with Gasteiger partial charge in [-0.15, -0.1) is 0 Å². The van der Waals surface area contributed by atoms with Gasteiger partial charge in [0.25, 0.3) is 0 Å². The number of hydrogen-bond donors (Lipinski definition) is 0. The van der Waals surface area contributed by atoms with E-state index in [9.17, 15) is 8.78 Å². The molecular weight excluding hydrogens is 286 g/mol. The monoisotopic (exact) mass is 296 g/mol. The first-order valence-electron chi connectivity index (χ1n) is 5.30. The summed E-state index contributed by atoms with van der Waals surface area (Å²) in [6.07, 6.45) is 0.424. The molecule has 2 aromatic carbocycles. The molecule has 2 aromatic rings. The second-order valence-corrected chi connectivity index (χ2v) is 4.89. The highest BCUT2D eigenvalue weighted by molar-refractivity contribution is 9.09. The van der Waals surface area contributed by atoms with Crippen LogP contribution in [0.2, 0.25) is 0 Å². The zero-order valence-electron chi connectivity index (χ0n) is 9.04. The summed E-state index contributed by atoms with van der Waals surface area (Å²) in [6, 6.07) is 13.1. The molecule has 0 fully saturated rings. The Morgan fingerprint density at radius 1 is 0.882 bits per heavy atom. The lowest BCUT2D eigenvalue weighted by atomic mass is 10.0. The molecule has 0 radical (unpaired) electrons. The predicted molar refractivity (Wildman–Crippen MR) is 68.2 cm³/mol. The molecule has 17 heavy (non-hydrogen) atoms. The van der Waals surface area contributed by atoms with Crippen molar-refractivity contribution in [3.63, 3.8) is 0 Å². The van der Waals surface area contributed by atoms with Crippen LogP contribution in [0.5, 0.6) is 0 Å². The van der Waals surface area contributed by atoms with Crippen molar-refractivity contribution in [2.45, 2.75) is 11.2 Å². The topological polar surface area (TPSA) is 0 Å². The van der Waals surface area contributed by atoms with Crippen LogP contribution in [0.25, 0.3) is 0 Å². The van der Waals surface area contributed by atoms with Crippen LogP contribution in [-0.4, -0.2) is 0 Å². The number of hydrogen-bond acceptors (Lipinski definition) is 0. The highest BCUT2D eigenvalue weighted by Gasteiger charge is 2.14. The van der Waals surface area contributed by atoms with Gasteiger partial charge < -0.3 is 0 Å². The van der Waals surface area contributed by atoms with Crippen LogP contribution in [0.1, 0.15) is 16.0 Å². The van der Waals surface area contributed by atoms with Gasteiger partial charge in [0.1, 0.15) is 11.6 Å². The van der Waals surface area contributed by atoms with E-state index in [0.29, 0.717) is 17.5 Å². The average Bonchev–Trinajstić information content (AvgIpc) is 2.32. The second-order valence-electron chi connectivity index (χ2n) is 3.78. The van der Waals surface area contributed by atoms with Crippen molar-refractivity contribution >= 4 is 15.9 Å². The van der Waals surface area contributed by atoms with Crippen molar-refractivity contribution in [3.8, 4) is 0 Å². The van der Waals surface area contributed by atoms with Crippen LogP contribution < -0.4 is 0 Å². The van der Waals surface area contributed by atoms with E-state index < -0.39 is 0 Å². The molecular formula is C14H11BrF2. The van der Waals surface area contributed by atoms with Gasteiger partial charge in [-0.2, -0.15) is 0 Å². The highest BCUT2D eigenvalue weighted by Crippen LogP contribution is 2.29. The van der Waals surface area contributed by atoms with Gasteiger partial charge in [0.2, 0.25) is 0 Å². The predicted octanol–water partition coefficient (Wildman–Crippen LogP) is 4.64. The Labute approximate surface area is 107 Å². The van der Waals surface area contributed by atoms with Crippen LogP contribution >= 0.6 is 15.9 Å². The number of alkyl halides is 1. The summed E-state index contributed by atoms with van der Waals surface area (Å²) in [5.74, 6) is -0.529. The van der Waals surface area contributed by atoms with Gasteiger partial charge in [-0.3, -0.25) is 0 Å². The Balaban J connectivity index is 2.20. The van der Waals surface area contributed by atoms with Crippen molar-refractivity contribution in [2.75, 3.05) is 0 Å². The molecule has 0 saturated carbocycles. The van der Waals surface area contributed by atoms with E-state index in [4.69, 9.17) is 0 Å². The molecule has 0 amide bonds. The molecule has 0 heterocycles. The summed E-state index contributed by atoms with van der Waals surface area (Å²) in [5.41, 5.74) is 1.13. The number of halogens is 3. The van der Waals surface area contributed by atoms with Crippen molar-refractivity contribution in [1.82, 2.24) is 0 Å². The van der Waals surface area contributed by atoms with Gasteiger partial charge in [0.05, 0.1) is 0 Å². The van der Waals surface area contributed by atoms with Crippen LogP contribution in [0, 0.1) is 11.6 Å². The van der Waals surface area contributed by atoms with E-state index >= 15 is 0 Å². The number of rotatable bonds is 3. The second kappa shape index (κ2) is 5.41. The normalized spacial score (nSPS) is 12.4. The zero-order valence-corrected chi connectivity index (χ0v) is 10.6. The summed E-state index contributed by atoms with van der Waals surface area (Å²) in [4.78, 5) is -0.222. The lowest BCUT2D eigenvalue weighted by Crippen LogP contribution is -2.00. The minimum atomic E-state index is -0.272. The minimum absolute atomic E-state index is 0.222. The van der Waals surface area contributed by atoms with E-state index in [1.807, 2.05) is 0 Å². The van der Waals surface area contributed by atoms with E-state index in [1.54, 1.807) is 36.4 Å². The summed E-state index contributed by atoms with van der Waals surface area (Å²) in [5, 5.41) is 0. The summed E-state index contributed by atoms with van der Waals surface area (Å²) >= 11 is 3.40. The molecule has 0 aliphatic rings. The zero-order chi connectivity index (χ0) is 12.3. The maximum absolute atomic E-state index is 13.5. The van der Waals surface area contributed by atoms with Crippen molar-refractivity contribution in [3.05, 3.63) is 71.3 Å². The average molecular weight is 297 g/mol. The smallest absolute Gasteiger partial charge is 0.127 e. The molecule has 0 aromatic heterocycles. The Kier molecular flexibility index (Phi) is 3.89. The van der Waals surface area contributed by atoms with Gasteiger partial charge in [-0.1, -0.05) is 52.3 Å². The van der Waals surface area contributed by atoms with Gasteiger partial charge in [-0.25, -0.2) is 8.78 Å². The molecule has 0 saturated heterocycles. The standard InChI is InChI=1S/C14H11BrF2/c15-12(11-6-2-4-8-14(11)17)9-10-5-1-3-7-13(10)16/h1-8,12H,9H2. The quantitative estimate of drug-likeness (QED) is 0.724.